The standard InChI is InChI=1S/C15H17F2NO2/c1-8-5-12(9(2)20-8)15(19)13(7-18)11-4-3-10(16)6-14(11)17/h3-6,13,15,19H,7,18H2,1-2H3. The summed E-state index contributed by atoms with van der Waals surface area (Å²) in [4.78, 5) is 0. The fourth-order valence-electron chi connectivity index (χ4n) is 2.39. The summed E-state index contributed by atoms with van der Waals surface area (Å²) in [7, 11) is 0. The van der Waals surface area contributed by atoms with E-state index < -0.39 is 23.7 Å². The minimum absolute atomic E-state index is 0.0351. The first kappa shape index (κ1) is 14.7. The van der Waals surface area contributed by atoms with Gasteiger partial charge in [0.25, 0.3) is 0 Å². The van der Waals surface area contributed by atoms with Gasteiger partial charge in [0, 0.05) is 24.1 Å². The zero-order chi connectivity index (χ0) is 14.9. The molecule has 0 saturated heterocycles. The third-order valence-electron chi connectivity index (χ3n) is 3.40. The van der Waals surface area contributed by atoms with Crippen LogP contribution in [0.3, 0.4) is 0 Å². The summed E-state index contributed by atoms with van der Waals surface area (Å²) in [5.74, 6) is -0.807. The molecule has 108 valence electrons. The maximum Gasteiger partial charge on any atom is 0.129 e. The zero-order valence-corrected chi connectivity index (χ0v) is 11.4. The van der Waals surface area contributed by atoms with E-state index in [1.165, 1.54) is 6.07 Å². The highest BCUT2D eigenvalue weighted by molar-refractivity contribution is 5.30. The summed E-state index contributed by atoms with van der Waals surface area (Å²) in [6, 6.07) is 4.96. The third-order valence-corrected chi connectivity index (χ3v) is 3.40. The van der Waals surface area contributed by atoms with E-state index in [0.29, 0.717) is 17.1 Å². The summed E-state index contributed by atoms with van der Waals surface area (Å²) in [5, 5.41) is 10.4. The number of halogens is 2. The SMILES string of the molecule is Cc1cc(C(O)C(CN)c2ccc(F)cc2F)c(C)o1. The van der Waals surface area contributed by atoms with Gasteiger partial charge < -0.3 is 15.3 Å². The molecular formula is C15H17F2NO2. The van der Waals surface area contributed by atoms with Crippen LogP contribution in [-0.2, 0) is 0 Å². The van der Waals surface area contributed by atoms with Gasteiger partial charge in [0.15, 0.2) is 0 Å². The van der Waals surface area contributed by atoms with E-state index in [-0.39, 0.29) is 12.1 Å². The van der Waals surface area contributed by atoms with Gasteiger partial charge >= 0.3 is 0 Å². The van der Waals surface area contributed by atoms with Crippen LogP contribution in [0.5, 0.6) is 0 Å². The van der Waals surface area contributed by atoms with Crippen LogP contribution < -0.4 is 5.73 Å². The number of aryl methyl sites for hydroxylation is 2. The van der Waals surface area contributed by atoms with Gasteiger partial charge in [-0.2, -0.15) is 0 Å². The maximum atomic E-state index is 13.8. The maximum absolute atomic E-state index is 13.8. The molecule has 0 fully saturated rings. The van der Waals surface area contributed by atoms with Crippen LogP contribution in [0, 0.1) is 25.5 Å². The van der Waals surface area contributed by atoms with Crippen molar-refractivity contribution in [2.75, 3.05) is 6.54 Å². The minimum atomic E-state index is -1.00. The quantitative estimate of drug-likeness (QED) is 0.905. The molecule has 3 N–H and O–H groups in total. The normalized spacial score (nSPS) is 14.3. The minimum Gasteiger partial charge on any atom is -0.466 e. The molecule has 1 aromatic carbocycles. The Morgan fingerprint density at radius 1 is 1.20 bits per heavy atom. The molecule has 2 aromatic rings. The summed E-state index contributed by atoms with van der Waals surface area (Å²) in [5.41, 5.74) is 6.42. The van der Waals surface area contributed by atoms with E-state index >= 15 is 0 Å². The molecule has 2 unspecified atom stereocenters. The van der Waals surface area contributed by atoms with Crippen LogP contribution in [0.2, 0.25) is 0 Å². The van der Waals surface area contributed by atoms with Gasteiger partial charge in [-0.1, -0.05) is 6.07 Å². The molecule has 2 rings (SSSR count). The molecule has 2 atom stereocenters. The smallest absolute Gasteiger partial charge is 0.129 e. The molecule has 1 aromatic heterocycles. The molecule has 0 radical (unpaired) electrons. The number of nitrogens with two attached hydrogens (primary N) is 1. The lowest BCUT2D eigenvalue weighted by Gasteiger charge is -2.22. The summed E-state index contributed by atoms with van der Waals surface area (Å²) < 4.78 is 32.2. The fourth-order valence-corrected chi connectivity index (χ4v) is 2.39. The van der Waals surface area contributed by atoms with Gasteiger partial charge in [-0.3, -0.25) is 0 Å². The Bertz CT molecular complexity index is 610. The van der Waals surface area contributed by atoms with Gasteiger partial charge in [0.2, 0.25) is 0 Å². The molecule has 20 heavy (non-hydrogen) atoms. The first-order chi connectivity index (χ1) is 9.43. The summed E-state index contributed by atoms with van der Waals surface area (Å²) >= 11 is 0. The van der Waals surface area contributed by atoms with E-state index in [2.05, 4.69) is 0 Å². The van der Waals surface area contributed by atoms with E-state index in [9.17, 15) is 13.9 Å². The topological polar surface area (TPSA) is 59.4 Å². The highest BCUT2D eigenvalue weighted by Crippen LogP contribution is 2.34. The molecule has 0 spiro atoms. The predicted octanol–water partition coefficient (Wildman–Crippen LogP) is 2.95. The van der Waals surface area contributed by atoms with E-state index in [0.717, 1.165) is 12.1 Å². The first-order valence-electron chi connectivity index (χ1n) is 6.34. The molecule has 0 aliphatic rings. The third kappa shape index (κ3) is 2.73. The van der Waals surface area contributed by atoms with Crippen molar-refractivity contribution < 1.29 is 18.3 Å². The molecule has 3 nitrogen and oxygen atoms in total. The van der Waals surface area contributed by atoms with Gasteiger partial charge in [-0.15, -0.1) is 0 Å². The summed E-state index contributed by atoms with van der Waals surface area (Å²) in [6.07, 6.45) is -1.00. The molecule has 0 aliphatic heterocycles. The molecule has 0 amide bonds. The average Bonchev–Trinajstić information content (AvgIpc) is 2.71. The lowest BCUT2D eigenvalue weighted by molar-refractivity contribution is 0.144. The molecule has 5 heteroatoms. The van der Waals surface area contributed by atoms with Crippen LogP contribution in [0.4, 0.5) is 8.78 Å². The number of furan rings is 1. The second-order valence-electron chi connectivity index (χ2n) is 4.82. The van der Waals surface area contributed by atoms with Crippen LogP contribution in [0.1, 0.15) is 34.7 Å². The van der Waals surface area contributed by atoms with Crippen LogP contribution in [0.25, 0.3) is 0 Å². The van der Waals surface area contributed by atoms with E-state index in [1.54, 1.807) is 19.9 Å². The number of hydrogen-bond acceptors (Lipinski definition) is 3. The molecule has 0 bridgehead atoms. The van der Waals surface area contributed by atoms with Crippen molar-refractivity contribution in [3.05, 3.63) is 58.5 Å². The Labute approximate surface area is 116 Å². The molecule has 0 saturated carbocycles. The summed E-state index contributed by atoms with van der Waals surface area (Å²) in [6.45, 7) is 3.52. The van der Waals surface area contributed by atoms with Gasteiger partial charge in [0.1, 0.15) is 23.2 Å². The van der Waals surface area contributed by atoms with Crippen molar-refractivity contribution in [3.63, 3.8) is 0 Å². The highest BCUT2D eigenvalue weighted by atomic mass is 19.1. The van der Waals surface area contributed by atoms with Crippen LogP contribution in [0.15, 0.2) is 28.7 Å². The molecule has 1 heterocycles. The number of benzene rings is 1. The molecule has 0 aliphatic carbocycles. The zero-order valence-electron chi connectivity index (χ0n) is 11.4. The Morgan fingerprint density at radius 2 is 1.90 bits per heavy atom. The lowest BCUT2D eigenvalue weighted by atomic mass is 9.89. The van der Waals surface area contributed by atoms with Crippen molar-refractivity contribution in [1.29, 1.82) is 0 Å². The van der Waals surface area contributed by atoms with Crippen molar-refractivity contribution in [3.8, 4) is 0 Å². The average molecular weight is 281 g/mol. The lowest BCUT2D eigenvalue weighted by Crippen LogP contribution is -2.21. The van der Waals surface area contributed by atoms with Crippen molar-refractivity contribution in [1.82, 2.24) is 0 Å². The van der Waals surface area contributed by atoms with Gasteiger partial charge in [0.05, 0.1) is 6.10 Å². The highest BCUT2D eigenvalue weighted by Gasteiger charge is 2.27. The van der Waals surface area contributed by atoms with Gasteiger partial charge in [-0.05, 0) is 31.5 Å². The number of aliphatic hydroxyl groups excluding tert-OH is 1. The number of aliphatic hydroxyl groups is 1. The van der Waals surface area contributed by atoms with Crippen molar-refractivity contribution >= 4 is 0 Å². The fraction of sp³-hybridized carbons (Fsp3) is 0.333. The molecular weight excluding hydrogens is 264 g/mol. The van der Waals surface area contributed by atoms with E-state index in [1.807, 2.05) is 0 Å². The van der Waals surface area contributed by atoms with Gasteiger partial charge in [-0.25, -0.2) is 8.78 Å². The van der Waals surface area contributed by atoms with E-state index in [4.69, 9.17) is 10.2 Å². The van der Waals surface area contributed by atoms with Crippen LogP contribution in [-0.4, -0.2) is 11.7 Å². The Hall–Kier alpha value is -1.72. The Balaban J connectivity index is 2.39. The largest absolute Gasteiger partial charge is 0.466 e. The predicted molar refractivity (Wildman–Crippen MR) is 71.3 cm³/mol. The van der Waals surface area contributed by atoms with Crippen molar-refractivity contribution in [2.45, 2.75) is 25.9 Å². The second kappa shape index (κ2) is 5.73. The monoisotopic (exact) mass is 281 g/mol. The Kier molecular flexibility index (Phi) is 4.20. The second-order valence-corrected chi connectivity index (χ2v) is 4.82. The Morgan fingerprint density at radius 3 is 2.40 bits per heavy atom. The van der Waals surface area contributed by atoms with Crippen LogP contribution >= 0.6 is 0 Å². The number of rotatable bonds is 4. The first-order valence-corrected chi connectivity index (χ1v) is 6.34. The number of hydrogen-bond donors (Lipinski definition) is 2. The van der Waals surface area contributed by atoms with Crippen molar-refractivity contribution in [2.24, 2.45) is 5.73 Å².